The van der Waals surface area contributed by atoms with Crippen LogP contribution in [0, 0.1) is 0 Å². The summed E-state index contributed by atoms with van der Waals surface area (Å²) >= 11 is 0. The molecule has 0 spiro atoms. The van der Waals surface area contributed by atoms with Gasteiger partial charge in [0.25, 0.3) is 0 Å². The minimum atomic E-state index is -0.912. The van der Waals surface area contributed by atoms with E-state index in [4.69, 9.17) is 4.74 Å². The van der Waals surface area contributed by atoms with E-state index in [2.05, 4.69) is 20.2 Å². The summed E-state index contributed by atoms with van der Waals surface area (Å²) < 4.78 is 5.34. The van der Waals surface area contributed by atoms with Crippen LogP contribution in [0.4, 0.5) is 11.6 Å². The predicted octanol–water partition coefficient (Wildman–Crippen LogP) is 1.42. The molecular weight excluding hydrogens is 308 g/mol. The summed E-state index contributed by atoms with van der Waals surface area (Å²) in [6.07, 6.45) is 1.83. The first kappa shape index (κ1) is 16.2. The van der Waals surface area contributed by atoms with E-state index in [1.807, 2.05) is 30.3 Å². The number of benzene rings is 1. The number of aromatic nitrogens is 2. The number of carbonyl (C=O) groups is 1. The normalized spacial score (nSPS) is 15.8. The highest BCUT2D eigenvalue weighted by atomic mass is 16.5. The third-order valence-electron chi connectivity index (χ3n) is 3.89. The Kier molecular flexibility index (Phi) is 5.22. The summed E-state index contributed by atoms with van der Waals surface area (Å²) in [5.74, 6) is 0.375. The number of rotatable bonds is 6. The van der Waals surface area contributed by atoms with Crippen molar-refractivity contribution in [2.45, 2.75) is 12.5 Å². The molecule has 0 bridgehead atoms. The Balaban J connectivity index is 1.71. The van der Waals surface area contributed by atoms with Gasteiger partial charge in [0, 0.05) is 25.6 Å². The van der Waals surface area contributed by atoms with Crippen LogP contribution in [0.2, 0.25) is 0 Å². The molecule has 0 unspecified atom stereocenters. The lowest BCUT2D eigenvalue weighted by atomic mass is 10.1. The molecule has 2 N–H and O–H groups in total. The predicted molar refractivity (Wildman–Crippen MR) is 90.3 cm³/mol. The van der Waals surface area contributed by atoms with Gasteiger partial charge >= 0.3 is 5.97 Å². The maximum atomic E-state index is 11.6. The van der Waals surface area contributed by atoms with Gasteiger partial charge in [0.2, 0.25) is 0 Å². The van der Waals surface area contributed by atoms with Crippen LogP contribution in [-0.4, -0.2) is 53.4 Å². The molecule has 2 heterocycles. The van der Waals surface area contributed by atoms with Gasteiger partial charge in [-0.25, -0.2) is 14.8 Å². The number of aliphatic carboxylic acids is 1. The van der Waals surface area contributed by atoms with E-state index in [0.717, 1.165) is 24.5 Å². The molecule has 0 saturated carbocycles. The van der Waals surface area contributed by atoms with Gasteiger partial charge in [-0.2, -0.15) is 0 Å². The van der Waals surface area contributed by atoms with Crippen LogP contribution in [-0.2, 0) is 16.0 Å². The van der Waals surface area contributed by atoms with Gasteiger partial charge in [-0.05, 0) is 5.56 Å². The molecule has 0 amide bonds. The highest BCUT2D eigenvalue weighted by Gasteiger charge is 2.19. The SMILES string of the molecule is O=C(O)[C@H](Cc1ccccc1)Nc1cc(N2CCOCC2)ncn1. The molecule has 1 aromatic heterocycles. The van der Waals surface area contributed by atoms with Gasteiger partial charge in [-0.15, -0.1) is 0 Å². The largest absolute Gasteiger partial charge is 0.480 e. The molecule has 1 atom stereocenters. The van der Waals surface area contributed by atoms with Crippen molar-refractivity contribution < 1.29 is 14.6 Å². The van der Waals surface area contributed by atoms with Crippen LogP contribution in [0.1, 0.15) is 5.56 Å². The number of morpholine rings is 1. The molecule has 0 aliphatic carbocycles. The molecule has 1 aliphatic heterocycles. The Labute approximate surface area is 140 Å². The number of hydrogen-bond acceptors (Lipinski definition) is 6. The van der Waals surface area contributed by atoms with E-state index in [0.29, 0.717) is 25.5 Å². The second kappa shape index (κ2) is 7.74. The standard InChI is InChI=1S/C17H20N4O3/c22-17(23)14(10-13-4-2-1-3-5-13)20-15-11-16(19-12-18-15)21-6-8-24-9-7-21/h1-5,11-12,14H,6-10H2,(H,22,23)(H,18,19,20)/t14-/m0/s1. The average molecular weight is 328 g/mol. The minimum absolute atomic E-state index is 0.382. The lowest BCUT2D eigenvalue weighted by Crippen LogP contribution is -2.37. The molecule has 1 aliphatic rings. The summed E-state index contributed by atoms with van der Waals surface area (Å²) in [4.78, 5) is 22.1. The van der Waals surface area contributed by atoms with Crippen LogP contribution >= 0.6 is 0 Å². The number of ether oxygens (including phenoxy) is 1. The first-order valence-corrected chi connectivity index (χ1v) is 7.90. The van der Waals surface area contributed by atoms with E-state index >= 15 is 0 Å². The molecule has 126 valence electrons. The van der Waals surface area contributed by atoms with Crippen molar-refractivity contribution in [2.24, 2.45) is 0 Å². The van der Waals surface area contributed by atoms with E-state index in [9.17, 15) is 9.90 Å². The number of nitrogens with zero attached hydrogens (tertiary/aromatic N) is 3. The zero-order valence-corrected chi connectivity index (χ0v) is 13.3. The minimum Gasteiger partial charge on any atom is -0.480 e. The molecule has 1 aromatic carbocycles. The Morgan fingerprint density at radius 2 is 2.00 bits per heavy atom. The zero-order chi connectivity index (χ0) is 16.8. The molecular formula is C17H20N4O3. The lowest BCUT2D eigenvalue weighted by molar-refractivity contribution is -0.137. The summed E-state index contributed by atoms with van der Waals surface area (Å²) in [6, 6.07) is 10.6. The van der Waals surface area contributed by atoms with Crippen molar-refractivity contribution >= 4 is 17.6 Å². The molecule has 1 saturated heterocycles. The number of hydrogen-bond donors (Lipinski definition) is 2. The van der Waals surface area contributed by atoms with Gasteiger partial charge in [0.1, 0.15) is 24.0 Å². The van der Waals surface area contributed by atoms with Crippen LogP contribution in [0.25, 0.3) is 0 Å². The Bertz CT molecular complexity index is 675. The third kappa shape index (κ3) is 4.20. The summed E-state index contributed by atoms with van der Waals surface area (Å²) in [7, 11) is 0. The second-order valence-electron chi connectivity index (χ2n) is 5.59. The molecule has 0 radical (unpaired) electrons. The van der Waals surface area contributed by atoms with Gasteiger partial charge < -0.3 is 20.1 Å². The van der Waals surface area contributed by atoms with Crippen molar-refractivity contribution in [1.29, 1.82) is 0 Å². The fourth-order valence-corrected chi connectivity index (χ4v) is 2.62. The molecule has 24 heavy (non-hydrogen) atoms. The molecule has 1 fully saturated rings. The fourth-order valence-electron chi connectivity index (χ4n) is 2.62. The monoisotopic (exact) mass is 328 g/mol. The number of nitrogens with one attached hydrogen (secondary N) is 1. The van der Waals surface area contributed by atoms with Crippen molar-refractivity contribution in [3.8, 4) is 0 Å². The van der Waals surface area contributed by atoms with E-state index in [1.54, 1.807) is 6.07 Å². The first-order valence-electron chi connectivity index (χ1n) is 7.90. The first-order chi connectivity index (χ1) is 11.7. The quantitative estimate of drug-likeness (QED) is 0.829. The van der Waals surface area contributed by atoms with Crippen molar-refractivity contribution in [2.75, 3.05) is 36.5 Å². The van der Waals surface area contributed by atoms with Crippen LogP contribution in [0.5, 0.6) is 0 Å². The van der Waals surface area contributed by atoms with Crippen molar-refractivity contribution in [1.82, 2.24) is 9.97 Å². The number of carboxylic acids is 1. The maximum Gasteiger partial charge on any atom is 0.326 e. The lowest BCUT2D eigenvalue weighted by Gasteiger charge is -2.28. The Morgan fingerprint density at radius 1 is 1.25 bits per heavy atom. The molecule has 2 aromatic rings. The fraction of sp³-hybridized carbons (Fsp3) is 0.353. The summed E-state index contributed by atoms with van der Waals surface area (Å²) in [5, 5.41) is 12.5. The average Bonchev–Trinajstić information content (AvgIpc) is 2.63. The van der Waals surface area contributed by atoms with Crippen molar-refractivity contribution in [3.63, 3.8) is 0 Å². The Hall–Kier alpha value is -2.67. The number of anilines is 2. The van der Waals surface area contributed by atoms with Gasteiger partial charge in [-0.3, -0.25) is 0 Å². The van der Waals surface area contributed by atoms with Crippen LogP contribution in [0.15, 0.2) is 42.7 Å². The van der Waals surface area contributed by atoms with Gasteiger partial charge in [0.15, 0.2) is 0 Å². The van der Waals surface area contributed by atoms with E-state index in [-0.39, 0.29) is 0 Å². The van der Waals surface area contributed by atoms with Crippen molar-refractivity contribution in [3.05, 3.63) is 48.3 Å². The molecule has 3 rings (SSSR count). The van der Waals surface area contributed by atoms with Gasteiger partial charge in [0.05, 0.1) is 13.2 Å². The Morgan fingerprint density at radius 3 is 2.71 bits per heavy atom. The highest BCUT2D eigenvalue weighted by Crippen LogP contribution is 2.17. The molecule has 7 nitrogen and oxygen atoms in total. The zero-order valence-electron chi connectivity index (χ0n) is 13.3. The summed E-state index contributed by atoms with van der Waals surface area (Å²) in [6.45, 7) is 2.86. The maximum absolute atomic E-state index is 11.6. The van der Waals surface area contributed by atoms with Gasteiger partial charge in [-0.1, -0.05) is 30.3 Å². The topological polar surface area (TPSA) is 87.6 Å². The molecule has 7 heteroatoms. The third-order valence-corrected chi connectivity index (χ3v) is 3.89. The number of carboxylic acid groups (broad SMARTS) is 1. The second-order valence-corrected chi connectivity index (χ2v) is 5.59. The smallest absolute Gasteiger partial charge is 0.326 e. The van der Waals surface area contributed by atoms with Crippen LogP contribution < -0.4 is 10.2 Å². The summed E-state index contributed by atoms with van der Waals surface area (Å²) in [5.41, 5.74) is 0.958. The van der Waals surface area contributed by atoms with Crippen LogP contribution in [0.3, 0.4) is 0 Å². The van der Waals surface area contributed by atoms with E-state index < -0.39 is 12.0 Å². The van der Waals surface area contributed by atoms with E-state index in [1.165, 1.54) is 6.33 Å². The highest BCUT2D eigenvalue weighted by molar-refractivity contribution is 5.77.